The molecule has 0 bridgehead atoms. The number of nitrogens with one attached hydrogen (secondary N) is 5. The van der Waals surface area contributed by atoms with Gasteiger partial charge < -0.3 is 45.9 Å². The van der Waals surface area contributed by atoms with Crippen molar-refractivity contribution >= 4 is 53.0 Å². The number of anilines is 1. The van der Waals surface area contributed by atoms with Gasteiger partial charge in [-0.25, -0.2) is 4.79 Å². The van der Waals surface area contributed by atoms with Crippen molar-refractivity contribution in [3.63, 3.8) is 0 Å². The lowest BCUT2D eigenvalue weighted by atomic mass is 10.1. The number of carbonyl (C=O) groups is 8. The van der Waals surface area contributed by atoms with Crippen LogP contribution < -0.4 is 26.6 Å². The number of hydrogen-bond acceptors (Lipinski definition) is 11. The first-order chi connectivity index (χ1) is 25.0. The molecule has 0 unspecified atom stereocenters. The average molecular weight is 733 g/mol. The zero-order valence-corrected chi connectivity index (χ0v) is 29.2. The summed E-state index contributed by atoms with van der Waals surface area (Å²) >= 11 is 0. The summed E-state index contributed by atoms with van der Waals surface area (Å²) in [6.07, 6.45) is 4.07. The molecule has 0 aliphatic carbocycles. The molecule has 1 atom stereocenters. The molecule has 52 heavy (non-hydrogen) atoms. The fraction of sp³-hybridized carbons (Fsp3) is 0.529. The van der Waals surface area contributed by atoms with Crippen LogP contribution in [0.15, 0.2) is 36.4 Å². The highest BCUT2D eigenvalue weighted by atomic mass is 16.5. The van der Waals surface area contributed by atoms with Crippen molar-refractivity contribution in [2.45, 2.75) is 57.6 Å². The Labute approximate surface area is 301 Å². The van der Waals surface area contributed by atoms with E-state index in [1.54, 1.807) is 24.3 Å². The molecule has 2 rings (SSSR count). The number of methoxy groups -OCH3 is 1. The largest absolute Gasteiger partial charge is 0.480 e. The minimum atomic E-state index is -1.07. The Kier molecular flexibility index (Phi) is 20.5. The van der Waals surface area contributed by atoms with E-state index in [0.717, 1.165) is 22.6 Å². The van der Waals surface area contributed by atoms with Gasteiger partial charge in [0.2, 0.25) is 29.5 Å². The predicted octanol–water partition coefficient (Wildman–Crippen LogP) is -0.622. The van der Waals surface area contributed by atoms with Crippen LogP contribution in [0.5, 0.6) is 0 Å². The molecule has 1 aliphatic heterocycles. The number of carbonyl (C=O) groups excluding carboxylic acids is 7. The second-order valence-corrected chi connectivity index (χ2v) is 11.6. The lowest BCUT2D eigenvalue weighted by Gasteiger charge is -2.19. The van der Waals surface area contributed by atoms with E-state index in [2.05, 4.69) is 26.6 Å². The maximum atomic E-state index is 13.0. The molecule has 0 spiro atoms. The Morgan fingerprint density at radius 1 is 0.750 bits per heavy atom. The van der Waals surface area contributed by atoms with Crippen LogP contribution in [0.25, 0.3) is 0 Å². The summed E-state index contributed by atoms with van der Waals surface area (Å²) in [6, 6.07) is 5.68. The third-order valence-electron chi connectivity index (χ3n) is 7.30. The fourth-order valence-electron chi connectivity index (χ4n) is 4.64. The molecule has 1 heterocycles. The molecule has 0 saturated carbocycles. The van der Waals surface area contributed by atoms with E-state index in [4.69, 9.17) is 19.3 Å². The average Bonchev–Trinajstić information content (AvgIpc) is 3.43. The van der Waals surface area contributed by atoms with Gasteiger partial charge in [0.05, 0.1) is 26.4 Å². The third-order valence-corrected chi connectivity index (χ3v) is 7.30. The molecule has 18 heteroatoms. The summed E-state index contributed by atoms with van der Waals surface area (Å²) < 4.78 is 15.0. The summed E-state index contributed by atoms with van der Waals surface area (Å²) in [5.41, 5.74) is 1.20. The van der Waals surface area contributed by atoms with Gasteiger partial charge in [0.15, 0.2) is 0 Å². The Bertz CT molecular complexity index is 1380. The maximum absolute atomic E-state index is 13.0. The lowest BCUT2D eigenvalue weighted by molar-refractivity contribution is -0.142. The summed E-state index contributed by atoms with van der Waals surface area (Å²) in [7, 11) is 1.53. The van der Waals surface area contributed by atoms with Gasteiger partial charge in [0.25, 0.3) is 11.8 Å². The number of benzene rings is 1. The van der Waals surface area contributed by atoms with Crippen LogP contribution in [-0.2, 0) is 59.2 Å². The van der Waals surface area contributed by atoms with Gasteiger partial charge in [-0.1, -0.05) is 12.1 Å². The summed E-state index contributed by atoms with van der Waals surface area (Å²) in [4.78, 5) is 97.1. The van der Waals surface area contributed by atoms with E-state index in [1.807, 2.05) is 0 Å². The molecule has 0 fully saturated rings. The molecular weight excluding hydrogens is 684 g/mol. The molecule has 1 aliphatic rings. The number of nitrogens with zero attached hydrogens (tertiary/aromatic N) is 1. The number of rotatable bonds is 27. The Hall–Kier alpha value is -5.20. The molecule has 1 aromatic rings. The van der Waals surface area contributed by atoms with Crippen LogP contribution in [0.3, 0.4) is 0 Å². The normalized spacial score (nSPS) is 12.7. The minimum absolute atomic E-state index is 0.0211. The number of imide groups is 1. The van der Waals surface area contributed by atoms with Crippen LogP contribution >= 0.6 is 0 Å². The Balaban J connectivity index is 1.73. The monoisotopic (exact) mass is 732 g/mol. The SMILES string of the molecule is COCCOCC(=O)NCCCC[C@H](NC(=O)CCCN1C(=O)C=CC1=O)C(=O)NCCCC(=O)NCC(=O)Nc1ccc(COCC(=O)O)cc1. The second kappa shape index (κ2) is 24.9. The number of ether oxygens (including phenoxy) is 3. The van der Waals surface area contributed by atoms with Crippen LogP contribution in [-0.4, -0.2) is 123 Å². The first-order valence-electron chi connectivity index (χ1n) is 16.9. The summed E-state index contributed by atoms with van der Waals surface area (Å²) in [6.45, 7) is 0.485. The van der Waals surface area contributed by atoms with E-state index >= 15 is 0 Å². The number of carboxylic acid groups (broad SMARTS) is 1. The van der Waals surface area contributed by atoms with Crippen molar-refractivity contribution in [2.24, 2.45) is 0 Å². The van der Waals surface area contributed by atoms with Crippen molar-refractivity contribution in [3.05, 3.63) is 42.0 Å². The van der Waals surface area contributed by atoms with Gasteiger partial charge in [-0.2, -0.15) is 0 Å². The highest BCUT2D eigenvalue weighted by Crippen LogP contribution is 2.11. The fourth-order valence-corrected chi connectivity index (χ4v) is 4.64. The van der Waals surface area contributed by atoms with E-state index in [9.17, 15) is 38.4 Å². The van der Waals surface area contributed by atoms with E-state index < -0.39 is 54.1 Å². The van der Waals surface area contributed by atoms with Gasteiger partial charge in [-0.05, 0) is 49.8 Å². The highest BCUT2D eigenvalue weighted by molar-refractivity contribution is 6.12. The third kappa shape index (κ3) is 18.7. The van der Waals surface area contributed by atoms with E-state index in [1.165, 1.54) is 7.11 Å². The zero-order chi connectivity index (χ0) is 38.1. The van der Waals surface area contributed by atoms with Crippen molar-refractivity contribution in [1.82, 2.24) is 26.2 Å². The van der Waals surface area contributed by atoms with Gasteiger partial charge in [0.1, 0.15) is 19.3 Å². The predicted molar refractivity (Wildman–Crippen MR) is 184 cm³/mol. The quantitative estimate of drug-likeness (QED) is 0.0490. The molecule has 18 nitrogen and oxygen atoms in total. The first-order valence-corrected chi connectivity index (χ1v) is 16.9. The van der Waals surface area contributed by atoms with Gasteiger partial charge >= 0.3 is 5.97 Å². The highest BCUT2D eigenvalue weighted by Gasteiger charge is 2.24. The first kappa shape index (κ1) is 43.0. The maximum Gasteiger partial charge on any atom is 0.329 e. The molecule has 7 amide bonds. The zero-order valence-electron chi connectivity index (χ0n) is 29.2. The van der Waals surface area contributed by atoms with E-state index in [0.29, 0.717) is 31.7 Å². The Morgan fingerprint density at radius 2 is 1.44 bits per heavy atom. The van der Waals surface area contributed by atoms with Crippen molar-refractivity contribution in [2.75, 3.05) is 65.0 Å². The van der Waals surface area contributed by atoms with Crippen molar-refractivity contribution in [3.8, 4) is 0 Å². The molecule has 6 N–H and O–H groups in total. The number of carboxylic acids is 1. The topological polar surface area (TPSA) is 248 Å². The molecule has 0 radical (unpaired) electrons. The molecule has 0 saturated heterocycles. The van der Waals surface area contributed by atoms with E-state index in [-0.39, 0.29) is 77.5 Å². The van der Waals surface area contributed by atoms with Gasteiger partial charge in [-0.3, -0.25) is 38.5 Å². The van der Waals surface area contributed by atoms with Crippen LogP contribution in [0.4, 0.5) is 5.69 Å². The lowest BCUT2D eigenvalue weighted by Crippen LogP contribution is -2.47. The van der Waals surface area contributed by atoms with Gasteiger partial charge in [0, 0.05) is 57.4 Å². The van der Waals surface area contributed by atoms with Crippen LogP contribution in [0.2, 0.25) is 0 Å². The molecule has 286 valence electrons. The number of aliphatic carboxylic acids is 1. The molecular formula is C34H48N6O12. The number of hydrogen-bond donors (Lipinski definition) is 6. The van der Waals surface area contributed by atoms with Crippen molar-refractivity contribution < 1.29 is 57.7 Å². The van der Waals surface area contributed by atoms with Crippen LogP contribution in [0.1, 0.15) is 50.5 Å². The molecule has 1 aromatic carbocycles. The van der Waals surface area contributed by atoms with Crippen molar-refractivity contribution in [1.29, 1.82) is 0 Å². The standard InChI is InChI=1S/C34H48N6O12/c1-50-18-19-51-22-30(44)35-15-3-2-6-26(39-28(42)8-5-17-40-31(45)13-14-32(40)46)34(49)36-16-4-7-27(41)37-20-29(43)38-25-11-9-24(10-12-25)21-52-23-33(47)48/h9-14,26H,2-8,15-23H2,1H3,(H,35,44)(H,36,49)(H,37,41)(H,38,43)(H,39,42)(H,47,48)/t26-/m0/s1. The Morgan fingerprint density at radius 3 is 2.13 bits per heavy atom. The molecule has 0 aromatic heterocycles. The van der Waals surface area contributed by atoms with Crippen LogP contribution in [0, 0.1) is 0 Å². The van der Waals surface area contributed by atoms with Gasteiger partial charge in [-0.15, -0.1) is 0 Å². The summed E-state index contributed by atoms with van der Waals surface area (Å²) in [5.74, 6) is -4.02. The second-order valence-electron chi connectivity index (χ2n) is 11.6. The minimum Gasteiger partial charge on any atom is -0.480 e. The number of unbranched alkanes of at least 4 members (excludes halogenated alkanes) is 1. The summed E-state index contributed by atoms with van der Waals surface area (Å²) in [5, 5.41) is 21.9. The smallest absolute Gasteiger partial charge is 0.329 e. The number of amides is 7.